The third-order valence-electron chi connectivity index (χ3n) is 3.82. The molecule has 17 heavy (non-hydrogen) atoms. The van der Waals surface area contributed by atoms with Gasteiger partial charge < -0.3 is 5.73 Å². The average Bonchev–Trinajstić information content (AvgIpc) is 2.29. The summed E-state index contributed by atoms with van der Waals surface area (Å²) in [6, 6.07) is 5.75. The second-order valence-electron chi connectivity index (χ2n) is 5.19. The van der Waals surface area contributed by atoms with Crippen molar-refractivity contribution in [1.29, 1.82) is 0 Å². The van der Waals surface area contributed by atoms with E-state index in [1.807, 2.05) is 30.0 Å². The number of nitrogen functional groups attached to an aromatic ring is 1. The van der Waals surface area contributed by atoms with Gasteiger partial charge in [0.15, 0.2) is 0 Å². The van der Waals surface area contributed by atoms with E-state index in [2.05, 4.69) is 13.8 Å². The summed E-state index contributed by atoms with van der Waals surface area (Å²) in [4.78, 5) is 1.14. The van der Waals surface area contributed by atoms with Crippen LogP contribution in [-0.4, -0.2) is 5.25 Å². The topological polar surface area (TPSA) is 26.0 Å². The standard InChI is InChI=1S/C14H20ClNS/c1-9-3-5-12(7-10(9)2)17-14-8-11(15)4-6-13(14)16/h4,6,8-10,12H,3,5,7,16H2,1-2H3. The summed E-state index contributed by atoms with van der Waals surface area (Å²) in [5.41, 5.74) is 6.84. The maximum atomic E-state index is 6.02. The first kappa shape index (κ1) is 13.1. The first-order valence-electron chi connectivity index (χ1n) is 6.28. The maximum Gasteiger partial charge on any atom is 0.0453 e. The van der Waals surface area contributed by atoms with Gasteiger partial charge in [0.05, 0.1) is 0 Å². The normalized spacial score (nSPS) is 29.2. The van der Waals surface area contributed by atoms with E-state index < -0.39 is 0 Å². The lowest BCUT2D eigenvalue weighted by molar-refractivity contribution is 0.283. The van der Waals surface area contributed by atoms with Crippen LogP contribution in [0.15, 0.2) is 23.1 Å². The van der Waals surface area contributed by atoms with Crippen molar-refractivity contribution in [3.63, 3.8) is 0 Å². The second-order valence-corrected chi connectivity index (χ2v) is 6.97. The molecule has 3 unspecified atom stereocenters. The number of halogens is 1. The zero-order valence-electron chi connectivity index (χ0n) is 10.4. The molecule has 1 aromatic carbocycles. The summed E-state index contributed by atoms with van der Waals surface area (Å²) in [5, 5.41) is 1.47. The van der Waals surface area contributed by atoms with Crippen molar-refractivity contribution in [2.75, 3.05) is 5.73 Å². The summed E-state index contributed by atoms with van der Waals surface area (Å²) < 4.78 is 0. The van der Waals surface area contributed by atoms with Crippen LogP contribution in [0.2, 0.25) is 5.02 Å². The Balaban J connectivity index is 2.03. The van der Waals surface area contributed by atoms with Crippen molar-refractivity contribution >= 4 is 29.1 Å². The van der Waals surface area contributed by atoms with Crippen LogP contribution in [0.1, 0.15) is 33.1 Å². The van der Waals surface area contributed by atoms with E-state index >= 15 is 0 Å². The Kier molecular flexibility index (Phi) is 4.26. The predicted octanol–water partition coefficient (Wildman–Crippen LogP) is 4.84. The molecule has 2 rings (SSSR count). The molecule has 3 heteroatoms. The lowest BCUT2D eigenvalue weighted by atomic mass is 9.81. The smallest absolute Gasteiger partial charge is 0.0453 e. The molecule has 0 saturated heterocycles. The molecule has 1 aliphatic carbocycles. The van der Waals surface area contributed by atoms with Crippen molar-refractivity contribution < 1.29 is 0 Å². The highest BCUT2D eigenvalue weighted by atomic mass is 35.5. The Bertz CT molecular complexity index is 394. The summed E-state index contributed by atoms with van der Waals surface area (Å²) in [7, 11) is 0. The second kappa shape index (κ2) is 5.53. The van der Waals surface area contributed by atoms with Crippen molar-refractivity contribution in [3.8, 4) is 0 Å². The minimum absolute atomic E-state index is 0.696. The van der Waals surface area contributed by atoms with Gasteiger partial charge in [0.1, 0.15) is 0 Å². The Morgan fingerprint density at radius 2 is 2.00 bits per heavy atom. The number of nitrogens with two attached hydrogens (primary N) is 1. The monoisotopic (exact) mass is 269 g/mol. The molecular weight excluding hydrogens is 250 g/mol. The number of hydrogen-bond donors (Lipinski definition) is 1. The minimum Gasteiger partial charge on any atom is -0.398 e. The zero-order valence-corrected chi connectivity index (χ0v) is 12.0. The Morgan fingerprint density at radius 3 is 2.71 bits per heavy atom. The number of hydrogen-bond acceptors (Lipinski definition) is 2. The molecule has 1 aromatic rings. The van der Waals surface area contributed by atoms with Gasteiger partial charge in [-0.25, -0.2) is 0 Å². The summed E-state index contributed by atoms with van der Waals surface area (Å²) in [5.74, 6) is 1.69. The molecule has 0 aromatic heterocycles. The zero-order chi connectivity index (χ0) is 12.4. The van der Waals surface area contributed by atoms with Crippen molar-refractivity contribution in [3.05, 3.63) is 23.2 Å². The fourth-order valence-electron chi connectivity index (χ4n) is 2.39. The highest BCUT2D eigenvalue weighted by molar-refractivity contribution is 8.00. The molecule has 94 valence electrons. The highest BCUT2D eigenvalue weighted by Crippen LogP contribution is 2.40. The molecule has 0 radical (unpaired) electrons. The first-order valence-corrected chi connectivity index (χ1v) is 7.53. The lowest BCUT2D eigenvalue weighted by Crippen LogP contribution is -2.22. The molecule has 2 N–H and O–H groups in total. The van der Waals surface area contributed by atoms with Crippen molar-refractivity contribution in [2.45, 2.75) is 43.3 Å². The van der Waals surface area contributed by atoms with Crippen LogP contribution in [0, 0.1) is 11.8 Å². The molecule has 0 aliphatic heterocycles. The van der Waals surface area contributed by atoms with Gasteiger partial charge in [-0.2, -0.15) is 0 Å². The molecule has 1 aliphatic rings. The van der Waals surface area contributed by atoms with Crippen LogP contribution >= 0.6 is 23.4 Å². The van der Waals surface area contributed by atoms with Gasteiger partial charge in [-0.05, 0) is 49.3 Å². The SMILES string of the molecule is CC1CCC(Sc2cc(Cl)ccc2N)CC1C. The van der Waals surface area contributed by atoms with Gasteiger partial charge in [-0.1, -0.05) is 25.4 Å². The van der Waals surface area contributed by atoms with E-state index in [4.69, 9.17) is 17.3 Å². The van der Waals surface area contributed by atoms with E-state index in [-0.39, 0.29) is 0 Å². The third-order valence-corrected chi connectivity index (χ3v) is 5.42. The quantitative estimate of drug-likeness (QED) is 0.778. The van der Waals surface area contributed by atoms with Crippen LogP contribution in [0.3, 0.4) is 0 Å². The van der Waals surface area contributed by atoms with Gasteiger partial charge in [0.2, 0.25) is 0 Å². The summed E-state index contributed by atoms with van der Waals surface area (Å²) in [6.45, 7) is 4.72. The van der Waals surface area contributed by atoms with Gasteiger partial charge in [0.25, 0.3) is 0 Å². The number of thioether (sulfide) groups is 1. The number of rotatable bonds is 2. The van der Waals surface area contributed by atoms with E-state index in [1.54, 1.807) is 0 Å². The fraction of sp³-hybridized carbons (Fsp3) is 0.571. The molecule has 0 amide bonds. The van der Waals surface area contributed by atoms with E-state index in [0.717, 1.165) is 27.4 Å². The minimum atomic E-state index is 0.696. The molecule has 3 atom stereocenters. The largest absolute Gasteiger partial charge is 0.398 e. The van der Waals surface area contributed by atoms with Gasteiger partial charge >= 0.3 is 0 Å². The van der Waals surface area contributed by atoms with Crippen molar-refractivity contribution in [1.82, 2.24) is 0 Å². The molecule has 1 nitrogen and oxygen atoms in total. The number of anilines is 1. The maximum absolute atomic E-state index is 6.02. The lowest BCUT2D eigenvalue weighted by Gasteiger charge is -2.31. The van der Waals surface area contributed by atoms with Gasteiger partial charge in [-0.3, -0.25) is 0 Å². The highest BCUT2D eigenvalue weighted by Gasteiger charge is 2.25. The van der Waals surface area contributed by atoms with Gasteiger partial charge in [-0.15, -0.1) is 11.8 Å². The molecular formula is C14H20ClNS. The predicted molar refractivity (Wildman–Crippen MR) is 77.7 cm³/mol. The summed E-state index contributed by atoms with van der Waals surface area (Å²) in [6.07, 6.45) is 3.92. The van der Waals surface area contributed by atoms with Crippen LogP contribution in [0.5, 0.6) is 0 Å². The number of benzene rings is 1. The Hall–Kier alpha value is -0.340. The molecule has 0 spiro atoms. The van der Waals surface area contributed by atoms with E-state index in [1.165, 1.54) is 19.3 Å². The molecule has 1 saturated carbocycles. The first-order chi connectivity index (χ1) is 8.06. The van der Waals surface area contributed by atoms with Gasteiger partial charge in [0, 0.05) is 20.9 Å². The van der Waals surface area contributed by atoms with Crippen LogP contribution in [0.25, 0.3) is 0 Å². The molecule has 0 heterocycles. The van der Waals surface area contributed by atoms with E-state index in [0.29, 0.717) is 5.25 Å². The van der Waals surface area contributed by atoms with Crippen LogP contribution in [-0.2, 0) is 0 Å². The molecule has 0 bridgehead atoms. The fourth-order valence-corrected chi connectivity index (χ4v) is 4.04. The summed E-state index contributed by atoms with van der Waals surface area (Å²) >= 11 is 7.92. The Labute approximate surface area is 113 Å². The van der Waals surface area contributed by atoms with Crippen LogP contribution in [0.4, 0.5) is 5.69 Å². The van der Waals surface area contributed by atoms with Crippen LogP contribution < -0.4 is 5.73 Å². The van der Waals surface area contributed by atoms with Crippen molar-refractivity contribution in [2.24, 2.45) is 11.8 Å². The van der Waals surface area contributed by atoms with E-state index in [9.17, 15) is 0 Å². The third kappa shape index (κ3) is 3.32. The Morgan fingerprint density at radius 1 is 1.24 bits per heavy atom. The molecule has 1 fully saturated rings. The average molecular weight is 270 g/mol.